The zero-order valence-electron chi connectivity index (χ0n) is 18.7. The number of rotatable bonds is 8. The first kappa shape index (κ1) is 21.2. The van der Waals surface area contributed by atoms with Crippen LogP contribution < -0.4 is 5.32 Å². The molecule has 33 heavy (non-hydrogen) atoms. The van der Waals surface area contributed by atoms with Gasteiger partial charge < -0.3 is 15.2 Å². The van der Waals surface area contributed by atoms with Gasteiger partial charge in [0.05, 0.1) is 0 Å². The molecule has 1 aromatic heterocycles. The lowest BCUT2D eigenvalue weighted by Gasteiger charge is -2.30. The van der Waals surface area contributed by atoms with E-state index in [0.717, 1.165) is 39.8 Å². The first-order valence-corrected chi connectivity index (χ1v) is 11.5. The van der Waals surface area contributed by atoms with Crippen molar-refractivity contribution >= 4 is 28.7 Å². The third kappa shape index (κ3) is 4.35. The van der Waals surface area contributed by atoms with E-state index in [1.807, 2.05) is 65.7 Å². The van der Waals surface area contributed by atoms with Crippen LogP contribution in [0.5, 0.6) is 0 Å². The highest BCUT2D eigenvalue weighted by molar-refractivity contribution is 6.06. The zero-order valence-corrected chi connectivity index (χ0v) is 18.7. The number of imide groups is 1. The fourth-order valence-corrected chi connectivity index (χ4v) is 4.68. The van der Waals surface area contributed by atoms with Crippen LogP contribution in [-0.2, 0) is 22.6 Å². The van der Waals surface area contributed by atoms with Crippen LogP contribution in [0.25, 0.3) is 10.9 Å². The van der Waals surface area contributed by atoms with Crippen LogP contribution in [0.4, 0.5) is 4.79 Å². The number of hydrogen-bond acceptors (Lipinski definition) is 3. The van der Waals surface area contributed by atoms with Crippen LogP contribution in [0.15, 0.2) is 60.8 Å². The molecule has 0 unspecified atom stereocenters. The molecule has 0 radical (unpaired) electrons. The maximum atomic E-state index is 13.3. The molecule has 4 amide bonds. The number of para-hydroxylation sites is 1. The van der Waals surface area contributed by atoms with Crippen molar-refractivity contribution in [3.05, 3.63) is 71.9 Å². The van der Waals surface area contributed by atoms with Crippen molar-refractivity contribution < 1.29 is 14.4 Å². The van der Waals surface area contributed by atoms with Gasteiger partial charge in [-0.15, -0.1) is 0 Å². The SMILES string of the molecule is C[C@H](C1CC1)N(Cc1ccccc1)C(=O)CN1C(=O)N[C@@H](Cc2c[nH]c3ccccc23)C1=O. The molecule has 2 aliphatic rings. The molecule has 3 aromatic rings. The summed E-state index contributed by atoms with van der Waals surface area (Å²) in [5, 5.41) is 3.80. The van der Waals surface area contributed by atoms with Crippen LogP contribution in [0.3, 0.4) is 0 Å². The normalized spacial score (nSPS) is 19.1. The summed E-state index contributed by atoms with van der Waals surface area (Å²) in [7, 11) is 0. The third-order valence-corrected chi connectivity index (χ3v) is 6.81. The molecule has 1 aliphatic carbocycles. The minimum Gasteiger partial charge on any atom is -0.361 e. The minimum atomic E-state index is -0.673. The van der Waals surface area contributed by atoms with Gasteiger partial charge in [0, 0.05) is 36.1 Å². The molecule has 1 saturated carbocycles. The fourth-order valence-electron chi connectivity index (χ4n) is 4.68. The van der Waals surface area contributed by atoms with Gasteiger partial charge in [-0.25, -0.2) is 4.79 Å². The molecule has 1 saturated heterocycles. The third-order valence-electron chi connectivity index (χ3n) is 6.81. The monoisotopic (exact) mass is 444 g/mol. The number of benzene rings is 2. The van der Waals surface area contributed by atoms with Crippen LogP contribution in [0, 0.1) is 5.92 Å². The Labute approximate surface area is 192 Å². The first-order chi connectivity index (χ1) is 16.0. The highest BCUT2D eigenvalue weighted by Gasteiger charge is 2.41. The lowest BCUT2D eigenvalue weighted by molar-refractivity contribution is -0.139. The highest BCUT2D eigenvalue weighted by Crippen LogP contribution is 2.36. The average Bonchev–Trinajstić information content (AvgIpc) is 3.56. The topological polar surface area (TPSA) is 85.5 Å². The lowest BCUT2D eigenvalue weighted by atomic mass is 10.1. The second kappa shape index (κ2) is 8.73. The predicted octanol–water partition coefficient (Wildman–Crippen LogP) is 3.46. The standard InChI is InChI=1S/C26H28N4O3/c1-17(19-11-12-19)29(15-18-7-3-2-4-8-18)24(31)16-30-25(32)23(28-26(30)33)13-20-14-27-22-10-6-5-9-21(20)22/h2-10,14,17,19,23,27H,11-13,15-16H2,1H3,(H,28,33)/t17-,23+/m1/s1. The van der Waals surface area contributed by atoms with Crippen molar-refractivity contribution in [1.29, 1.82) is 0 Å². The molecular formula is C26H28N4O3. The Hall–Kier alpha value is -3.61. The number of amides is 4. The van der Waals surface area contributed by atoms with E-state index in [2.05, 4.69) is 17.2 Å². The number of hydrogen-bond donors (Lipinski definition) is 2. The molecule has 170 valence electrons. The summed E-state index contributed by atoms with van der Waals surface area (Å²) in [6.07, 6.45) is 4.47. The molecule has 2 atom stereocenters. The van der Waals surface area contributed by atoms with E-state index >= 15 is 0 Å². The highest BCUT2D eigenvalue weighted by atomic mass is 16.2. The van der Waals surface area contributed by atoms with Gasteiger partial charge in [0.2, 0.25) is 5.91 Å². The summed E-state index contributed by atoms with van der Waals surface area (Å²) in [5.41, 5.74) is 2.99. The van der Waals surface area contributed by atoms with Crippen molar-refractivity contribution in [3.63, 3.8) is 0 Å². The number of carbonyl (C=O) groups is 3. The van der Waals surface area contributed by atoms with Gasteiger partial charge in [-0.3, -0.25) is 14.5 Å². The van der Waals surface area contributed by atoms with E-state index in [0.29, 0.717) is 18.9 Å². The number of urea groups is 1. The Morgan fingerprint density at radius 3 is 2.58 bits per heavy atom. The number of fused-ring (bicyclic) bond motifs is 1. The van der Waals surface area contributed by atoms with E-state index < -0.39 is 12.1 Å². The summed E-state index contributed by atoms with van der Waals surface area (Å²) in [6.45, 7) is 2.29. The van der Waals surface area contributed by atoms with E-state index in [9.17, 15) is 14.4 Å². The number of carbonyl (C=O) groups excluding carboxylic acids is 3. The molecule has 7 nitrogen and oxygen atoms in total. The Balaban J connectivity index is 1.29. The molecule has 2 N–H and O–H groups in total. The van der Waals surface area contributed by atoms with Gasteiger partial charge in [-0.2, -0.15) is 0 Å². The van der Waals surface area contributed by atoms with E-state index in [-0.39, 0.29) is 24.4 Å². The Morgan fingerprint density at radius 2 is 1.82 bits per heavy atom. The van der Waals surface area contributed by atoms with Crippen molar-refractivity contribution in [2.45, 2.75) is 44.8 Å². The minimum absolute atomic E-state index is 0.0699. The molecule has 2 heterocycles. The van der Waals surface area contributed by atoms with Crippen molar-refractivity contribution in [2.24, 2.45) is 5.92 Å². The van der Waals surface area contributed by atoms with Gasteiger partial charge in [0.1, 0.15) is 12.6 Å². The van der Waals surface area contributed by atoms with Gasteiger partial charge >= 0.3 is 6.03 Å². The Kier molecular flexibility index (Phi) is 5.62. The van der Waals surface area contributed by atoms with E-state index in [1.165, 1.54) is 0 Å². The number of H-pyrrole nitrogens is 1. The fraction of sp³-hybridized carbons (Fsp3) is 0.346. The van der Waals surface area contributed by atoms with Crippen LogP contribution in [0.1, 0.15) is 30.9 Å². The van der Waals surface area contributed by atoms with Crippen LogP contribution in [0.2, 0.25) is 0 Å². The second-order valence-corrected chi connectivity index (χ2v) is 9.08. The predicted molar refractivity (Wildman–Crippen MR) is 125 cm³/mol. The number of nitrogens with zero attached hydrogens (tertiary/aromatic N) is 2. The second-order valence-electron chi connectivity index (χ2n) is 9.08. The Morgan fingerprint density at radius 1 is 1.09 bits per heavy atom. The smallest absolute Gasteiger partial charge is 0.325 e. The summed E-state index contributed by atoms with van der Waals surface area (Å²) in [4.78, 5) is 45.1. The van der Waals surface area contributed by atoms with Gasteiger partial charge in [-0.1, -0.05) is 48.5 Å². The van der Waals surface area contributed by atoms with Crippen molar-refractivity contribution in [1.82, 2.24) is 20.1 Å². The molecule has 7 heteroatoms. The lowest BCUT2D eigenvalue weighted by Crippen LogP contribution is -2.47. The first-order valence-electron chi connectivity index (χ1n) is 11.5. The molecule has 0 bridgehead atoms. The van der Waals surface area contributed by atoms with Crippen LogP contribution in [-0.4, -0.2) is 51.3 Å². The molecule has 2 fully saturated rings. The summed E-state index contributed by atoms with van der Waals surface area (Å²) >= 11 is 0. The molecular weight excluding hydrogens is 416 g/mol. The number of aromatic amines is 1. The number of aromatic nitrogens is 1. The van der Waals surface area contributed by atoms with Crippen molar-refractivity contribution in [2.75, 3.05) is 6.54 Å². The summed E-state index contributed by atoms with van der Waals surface area (Å²) in [6, 6.07) is 16.6. The molecule has 2 aromatic carbocycles. The van der Waals surface area contributed by atoms with E-state index in [1.54, 1.807) is 0 Å². The van der Waals surface area contributed by atoms with E-state index in [4.69, 9.17) is 0 Å². The molecule has 5 rings (SSSR count). The summed E-state index contributed by atoms with van der Waals surface area (Å²) in [5.74, 6) is -0.0674. The maximum Gasteiger partial charge on any atom is 0.325 e. The van der Waals surface area contributed by atoms with Gasteiger partial charge in [0.25, 0.3) is 5.91 Å². The van der Waals surface area contributed by atoms with Crippen molar-refractivity contribution in [3.8, 4) is 0 Å². The van der Waals surface area contributed by atoms with Crippen LogP contribution >= 0.6 is 0 Å². The maximum absolute atomic E-state index is 13.3. The average molecular weight is 445 g/mol. The molecule has 1 aliphatic heterocycles. The largest absolute Gasteiger partial charge is 0.361 e. The quantitative estimate of drug-likeness (QED) is 0.522. The zero-order chi connectivity index (χ0) is 22.9. The summed E-state index contributed by atoms with van der Waals surface area (Å²) < 4.78 is 0. The van der Waals surface area contributed by atoms with Gasteiger partial charge in [0.15, 0.2) is 0 Å². The molecule has 0 spiro atoms. The Bertz CT molecular complexity index is 1180. The van der Waals surface area contributed by atoms with Gasteiger partial charge in [-0.05, 0) is 42.9 Å². The number of nitrogens with one attached hydrogen (secondary N) is 2.